The van der Waals surface area contributed by atoms with Crippen LogP contribution in [0.15, 0.2) is 21.5 Å². The molecular weight excluding hydrogens is 374 g/mol. The Morgan fingerprint density at radius 1 is 1.43 bits per heavy atom. The van der Waals surface area contributed by atoms with Crippen LogP contribution in [0.3, 0.4) is 0 Å². The van der Waals surface area contributed by atoms with Crippen molar-refractivity contribution in [1.82, 2.24) is 4.31 Å². The summed E-state index contributed by atoms with van der Waals surface area (Å²) in [6.45, 7) is 3.56. The molecular formula is C14H22BrNO3S2. The van der Waals surface area contributed by atoms with Crippen LogP contribution in [0.1, 0.15) is 24.5 Å². The molecule has 0 radical (unpaired) electrons. The number of hydrogen-bond acceptors (Lipinski definition) is 4. The largest absolute Gasteiger partial charge is 0.392 e. The second-order valence-corrected chi connectivity index (χ2v) is 8.63. The van der Waals surface area contributed by atoms with Crippen LogP contribution in [0.2, 0.25) is 0 Å². The Labute approximate surface area is 140 Å². The number of nitrogens with zero attached hydrogens (tertiary/aromatic N) is 1. The maximum atomic E-state index is 12.9. The Kier molecular flexibility index (Phi) is 7.19. The quantitative estimate of drug-likeness (QED) is 0.770. The van der Waals surface area contributed by atoms with Gasteiger partial charge in [0, 0.05) is 23.3 Å². The smallest absolute Gasteiger partial charge is 0.243 e. The van der Waals surface area contributed by atoms with E-state index in [-0.39, 0.29) is 17.5 Å². The molecule has 0 amide bonds. The SMILES string of the molecule is CCC(CSC)N(C)S(=O)(=O)c1cc(CO)cc(Br)c1C. The third-order valence-corrected chi connectivity index (χ3v) is 7.12. The minimum Gasteiger partial charge on any atom is -0.392 e. The van der Waals surface area contributed by atoms with Gasteiger partial charge in [0.15, 0.2) is 0 Å². The van der Waals surface area contributed by atoms with E-state index in [4.69, 9.17) is 0 Å². The van der Waals surface area contributed by atoms with E-state index in [1.54, 1.807) is 37.9 Å². The topological polar surface area (TPSA) is 57.6 Å². The van der Waals surface area contributed by atoms with Gasteiger partial charge in [-0.15, -0.1) is 0 Å². The lowest BCUT2D eigenvalue weighted by Gasteiger charge is -2.27. The fraction of sp³-hybridized carbons (Fsp3) is 0.571. The summed E-state index contributed by atoms with van der Waals surface area (Å²) < 4.78 is 27.9. The molecule has 0 aromatic heterocycles. The summed E-state index contributed by atoms with van der Waals surface area (Å²) >= 11 is 5.00. The number of aliphatic hydroxyl groups excluding tert-OH is 1. The van der Waals surface area contributed by atoms with Crippen LogP contribution < -0.4 is 0 Å². The average molecular weight is 396 g/mol. The first-order chi connectivity index (χ1) is 9.79. The number of halogens is 1. The first-order valence-corrected chi connectivity index (χ1v) is 10.3. The zero-order valence-corrected chi connectivity index (χ0v) is 16.0. The number of aliphatic hydroxyl groups is 1. The molecule has 1 unspecified atom stereocenters. The van der Waals surface area contributed by atoms with Crippen LogP contribution in [0.25, 0.3) is 0 Å². The predicted octanol–water partition coefficient (Wildman–Crippen LogP) is 3.01. The fourth-order valence-electron chi connectivity index (χ4n) is 2.09. The third kappa shape index (κ3) is 4.22. The van der Waals surface area contributed by atoms with Crippen LogP contribution in [0.4, 0.5) is 0 Å². The van der Waals surface area contributed by atoms with E-state index < -0.39 is 10.0 Å². The van der Waals surface area contributed by atoms with Crippen LogP contribution >= 0.6 is 27.7 Å². The fourth-order valence-corrected chi connectivity index (χ4v) is 5.39. The molecule has 0 aliphatic rings. The Bertz CT molecular complexity index is 590. The Morgan fingerprint density at radius 2 is 2.05 bits per heavy atom. The normalized spacial score (nSPS) is 13.7. The number of rotatable bonds is 7. The van der Waals surface area contributed by atoms with Crippen molar-refractivity contribution in [3.8, 4) is 0 Å². The summed E-state index contributed by atoms with van der Waals surface area (Å²) in [6.07, 6.45) is 2.73. The summed E-state index contributed by atoms with van der Waals surface area (Å²) in [5.41, 5.74) is 1.25. The minimum absolute atomic E-state index is 0.0408. The van der Waals surface area contributed by atoms with E-state index in [0.29, 0.717) is 15.6 Å². The molecule has 1 atom stereocenters. The maximum Gasteiger partial charge on any atom is 0.243 e. The van der Waals surface area contributed by atoms with Crippen molar-refractivity contribution in [2.45, 2.75) is 37.8 Å². The van der Waals surface area contributed by atoms with Crippen LogP contribution in [0.5, 0.6) is 0 Å². The van der Waals surface area contributed by atoms with Crippen molar-refractivity contribution in [3.63, 3.8) is 0 Å². The highest BCUT2D eigenvalue weighted by Crippen LogP contribution is 2.29. The van der Waals surface area contributed by atoms with Crippen molar-refractivity contribution >= 4 is 37.7 Å². The van der Waals surface area contributed by atoms with Crippen molar-refractivity contribution in [2.75, 3.05) is 19.1 Å². The lowest BCUT2D eigenvalue weighted by molar-refractivity contribution is 0.281. The number of sulfonamides is 1. The molecule has 7 heteroatoms. The van der Waals surface area contributed by atoms with Gasteiger partial charge in [-0.2, -0.15) is 16.1 Å². The van der Waals surface area contributed by atoms with Gasteiger partial charge in [0.25, 0.3) is 0 Å². The summed E-state index contributed by atoms with van der Waals surface area (Å²) in [5, 5.41) is 9.29. The number of thioether (sulfide) groups is 1. The monoisotopic (exact) mass is 395 g/mol. The van der Waals surface area contributed by atoms with Crippen LogP contribution in [-0.4, -0.2) is 42.9 Å². The molecule has 0 aliphatic carbocycles. The van der Waals surface area contributed by atoms with E-state index in [1.165, 1.54) is 4.31 Å². The molecule has 21 heavy (non-hydrogen) atoms. The van der Waals surface area contributed by atoms with Gasteiger partial charge in [0.1, 0.15) is 0 Å². The zero-order chi connectivity index (χ0) is 16.2. The van der Waals surface area contributed by atoms with Gasteiger partial charge in [-0.25, -0.2) is 8.42 Å². The molecule has 1 N–H and O–H groups in total. The molecule has 4 nitrogen and oxygen atoms in total. The molecule has 0 spiro atoms. The second kappa shape index (κ2) is 7.97. The number of hydrogen-bond donors (Lipinski definition) is 1. The Morgan fingerprint density at radius 3 is 2.52 bits per heavy atom. The van der Waals surface area contributed by atoms with E-state index in [1.807, 2.05) is 13.2 Å². The highest BCUT2D eigenvalue weighted by molar-refractivity contribution is 9.10. The predicted molar refractivity (Wildman–Crippen MR) is 92.2 cm³/mol. The van der Waals surface area contributed by atoms with Crippen LogP contribution in [-0.2, 0) is 16.6 Å². The molecule has 120 valence electrons. The van der Waals surface area contributed by atoms with Crippen molar-refractivity contribution in [1.29, 1.82) is 0 Å². The molecule has 1 rings (SSSR count). The Balaban J connectivity index is 3.33. The molecule has 0 aliphatic heterocycles. The minimum atomic E-state index is -3.58. The van der Waals surface area contributed by atoms with Gasteiger partial charge >= 0.3 is 0 Å². The summed E-state index contributed by atoms with van der Waals surface area (Å²) in [5.74, 6) is 0.756. The standard InChI is InChI=1S/C14H22BrNO3S2/c1-5-12(9-20-4)16(3)21(18,19)14-7-11(8-17)6-13(15)10(14)2/h6-7,12,17H,5,8-9H2,1-4H3. The molecule has 0 heterocycles. The van der Waals surface area contributed by atoms with Crippen molar-refractivity contribution in [3.05, 3.63) is 27.7 Å². The highest BCUT2D eigenvalue weighted by Gasteiger charge is 2.29. The lowest BCUT2D eigenvalue weighted by Crippen LogP contribution is -2.38. The summed E-state index contributed by atoms with van der Waals surface area (Å²) in [7, 11) is -1.96. The van der Waals surface area contributed by atoms with Gasteiger partial charge in [0.2, 0.25) is 10.0 Å². The molecule has 1 aromatic rings. The highest BCUT2D eigenvalue weighted by atomic mass is 79.9. The second-order valence-electron chi connectivity index (χ2n) is 4.90. The van der Waals surface area contributed by atoms with Crippen molar-refractivity contribution < 1.29 is 13.5 Å². The van der Waals surface area contributed by atoms with E-state index in [2.05, 4.69) is 15.9 Å². The third-order valence-electron chi connectivity index (χ3n) is 3.54. The average Bonchev–Trinajstić information content (AvgIpc) is 2.46. The summed E-state index contributed by atoms with van der Waals surface area (Å²) in [4.78, 5) is 0.253. The van der Waals surface area contributed by atoms with Crippen molar-refractivity contribution in [2.24, 2.45) is 0 Å². The first kappa shape index (κ1) is 19.0. The summed E-state index contributed by atoms with van der Waals surface area (Å²) in [6, 6.07) is 3.26. The van der Waals surface area contributed by atoms with Gasteiger partial charge in [-0.3, -0.25) is 0 Å². The maximum absolute atomic E-state index is 12.9. The molecule has 0 bridgehead atoms. The van der Waals surface area contributed by atoms with Crippen LogP contribution in [0, 0.1) is 6.92 Å². The zero-order valence-electron chi connectivity index (χ0n) is 12.8. The first-order valence-electron chi connectivity index (χ1n) is 6.66. The van der Waals surface area contributed by atoms with Gasteiger partial charge in [0.05, 0.1) is 11.5 Å². The van der Waals surface area contributed by atoms with E-state index >= 15 is 0 Å². The van der Waals surface area contributed by atoms with Gasteiger partial charge in [-0.05, 0) is 42.9 Å². The van der Waals surface area contributed by atoms with E-state index in [9.17, 15) is 13.5 Å². The molecule has 0 fully saturated rings. The molecule has 1 aromatic carbocycles. The molecule has 0 saturated heterocycles. The van der Waals surface area contributed by atoms with Gasteiger partial charge < -0.3 is 5.11 Å². The molecule has 0 saturated carbocycles. The lowest BCUT2D eigenvalue weighted by atomic mass is 10.2. The van der Waals surface area contributed by atoms with Gasteiger partial charge in [-0.1, -0.05) is 22.9 Å². The Hall–Kier alpha value is -0.0800. The van der Waals surface area contributed by atoms with E-state index in [0.717, 1.165) is 12.2 Å². The number of benzene rings is 1.